The van der Waals surface area contributed by atoms with Gasteiger partial charge in [-0.05, 0) is 36.2 Å². The Morgan fingerprint density at radius 1 is 1.19 bits per heavy atom. The molecule has 0 saturated carbocycles. The molecule has 9 heteroatoms. The maximum Gasteiger partial charge on any atom is 0.234 e. The molecule has 2 aromatic carbocycles. The monoisotopic (exact) mass is 431 g/mol. The van der Waals surface area contributed by atoms with E-state index in [0.717, 1.165) is 11.6 Å². The molecule has 3 aliphatic rings. The van der Waals surface area contributed by atoms with E-state index in [1.165, 1.54) is 17.3 Å². The lowest BCUT2D eigenvalue weighted by molar-refractivity contribution is -0.113. The standard InChI is InChI=1S/C22H21N7OS/c23-13-15-6-8-17(9-7-15)24-20(30)14-31-22-26-25-21-19-12-18(16-4-2-1-3-5-16)27-29(19)11-10-28(21)22/h1-11,18-19,21,25,27H,12,14H2,(H,24,30). The van der Waals surface area contributed by atoms with Crippen molar-refractivity contribution in [2.75, 3.05) is 11.1 Å². The summed E-state index contributed by atoms with van der Waals surface area (Å²) >= 11 is 1.39. The topological polar surface area (TPSA) is 95.8 Å². The minimum Gasteiger partial charge on any atom is -0.325 e. The van der Waals surface area contributed by atoms with E-state index in [9.17, 15) is 4.79 Å². The van der Waals surface area contributed by atoms with Crippen molar-refractivity contribution in [3.8, 4) is 6.07 Å². The molecule has 0 aliphatic carbocycles. The van der Waals surface area contributed by atoms with Gasteiger partial charge in [-0.15, -0.1) is 0 Å². The number of hydrazine groups is 1. The van der Waals surface area contributed by atoms with E-state index in [4.69, 9.17) is 5.26 Å². The Balaban J connectivity index is 1.17. The smallest absolute Gasteiger partial charge is 0.234 e. The number of hydrogen-bond donors (Lipinski definition) is 3. The summed E-state index contributed by atoms with van der Waals surface area (Å²) in [7, 11) is 0. The van der Waals surface area contributed by atoms with Gasteiger partial charge in [0.1, 0.15) is 6.17 Å². The van der Waals surface area contributed by atoms with Gasteiger partial charge in [-0.25, -0.2) is 5.43 Å². The minimum atomic E-state index is -0.116. The summed E-state index contributed by atoms with van der Waals surface area (Å²) in [6, 6.07) is 19.8. The van der Waals surface area contributed by atoms with Crippen LogP contribution < -0.4 is 16.2 Å². The molecule has 3 unspecified atom stereocenters. The van der Waals surface area contributed by atoms with E-state index >= 15 is 0 Å². The van der Waals surface area contributed by atoms with Crippen molar-refractivity contribution >= 4 is 28.5 Å². The zero-order chi connectivity index (χ0) is 21.2. The second kappa shape index (κ2) is 8.34. The van der Waals surface area contributed by atoms with Crippen LogP contribution in [0.1, 0.15) is 23.6 Å². The maximum absolute atomic E-state index is 12.3. The zero-order valence-corrected chi connectivity index (χ0v) is 17.4. The van der Waals surface area contributed by atoms with E-state index in [0.29, 0.717) is 11.3 Å². The Morgan fingerprint density at radius 3 is 2.77 bits per heavy atom. The fourth-order valence-corrected chi connectivity index (χ4v) is 4.78. The summed E-state index contributed by atoms with van der Waals surface area (Å²) in [5, 5.41) is 19.1. The predicted molar refractivity (Wildman–Crippen MR) is 120 cm³/mol. The van der Waals surface area contributed by atoms with Crippen LogP contribution in [0.4, 0.5) is 5.69 Å². The number of hydrazone groups is 1. The quantitative estimate of drug-likeness (QED) is 0.685. The number of carbonyl (C=O) groups excluding carboxylic acids is 1. The number of thioether (sulfide) groups is 1. The van der Waals surface area contributed by atoms with Gasteiger partial charge in [-0.2, -0.15) is 10.4 Å². The van der Waals surface area contributed by atoms with Gasteiger partial charge in [0.15, 0.2) is 5.17 Å². The van der Waals surface area contributed by atoms with Crippen molar-refractivity contribution in [1.29, 1.82) is 5.26 Å². The number of carbonyl (C=O) groups is 1. The molecule has 0 radical (unpaired) electrons. The first-order valence-corrected chi connectivity index (χ1v) is 11.0. The van der Waals surface area contributed by atoms with Gasteiger partial charge in [-0.1, -0.05) is 42.1 Å². The molecule has 1 fully saturated rings. The van der Waals surface area contributed by atoms with Crippen molar-refractivity contribution in [1.82, 2.24) is 20.8 Å². The van der Waals surface area contributed by atoms with E-state index in [-0.39, 0.29) is 29.9 Å². The molecular weight excluding hydrogens is 410 g/mol. The number of rotatable bonds is 4. The van der Waals surface area contributed by atoms with Gasteiger partial charge in [0.05, 0.1) is 29.5 Å². The maximum atomic E-state index is 12.3. The number of nitriles is 1. The molecule has 31 heavy (non-hydrogen) atoms. The highest BCUT2D eigenvalue weighted by Crippen LogP contribution is 2.34. The molecule has 156 valence electrons. The summed E-state index contributed by atoms with van der Waals surface area (Å²) < 4.78 is 0. The van der Waals surface area contributed by atoms with Crippen LogP contribution in [0.2, 0.25) is 0 Å². The Morgan fingerprint density at radius 2 is 2.00 bits per heavy atom. The molecule has 8 nitrogen and oxygen atoms in total. The molecule has 1 amide bonds. The summed E-state index contributed by atoms with van der Waals surface area (Å²) in [5.74, 6) is 0.131. The normalized spacial score (nSPS) is 23.5. The molecule has 3 aliphatic heterocycles. The van der Waals surface area contributed by atoms with Gasteiger partial charge >= 0.3 is 0 Å². The van der Waals surface area contributed by atoms with Crippen molar-refractivity contribution < 1.29 is 4.79 Å². The predicted octanol–water partition coefficient (Wildman–Crippen LogP) is 2.54. The van der Waals surface area contributed by atoms with Gasteiger partial charge in [0.25, 0.3) is 0 Å². The third kappa shape index (κ3) is 3.95. The average Bonchev–Trinajstić information content (AvgIpc) is 3.43. The lowest BCUT2D eigenvalue weighted by atomic mass is 10.00. The minimum absolute atomic E-state index is 0.0234. The molecule has 3 heterocycles. The first-order valence-electron chi connectivity index (χ1n) is 10.0. The van der Waals surface area contributed by atoms with Crippen LogP contribution in [0, 0.1) is 11.3 Å². The number of fused-ring (bicyclic) bond motifs is 3. The number of benzene rings is 2. The van der Waals surface area contributed by atoms with Crippen molar-refractivity contribution in [3.63, 3.8) is 0 Å². The zero-order valence-electron chi connectivity index (χ0n) is 16.6. The van der Waals surface area contributed by atoms with E-state index < -0.39 is 0 Å². The van der Waals surface area contributed by atoms with Crippen molar-refractivity contribution in [2.45, 2.75) is 24.7 Å². The Hall–Kier alpha value is -3.48. The van der Waals surface area contributed by atoms with E-state index in [2.05, 4.69) is 61.5 Å². The fourth-order valence-electron chi connectivity index (χ4n) is 4.01. The summed E-state index contributed by atoms with van der Waals surface area (Å²) in [5.41, 5.74) is 9.30. The van der Waals surface area contributed by atoms with Crippen molar-refractivity contribution in [3.05, 3.63) is 78.1 Å². The largest absolute Gasteiger partial charge is 0.325 e. The third-order valence-electron chi connectivity index (χ3n) is 5.54. The number of hydrogen-bond acceptors (Lipinski definition) is 8. The number of amidine groups is 1. The molecule has 0 bridgehead atoms. The molecular formula is C22H21N7OS. The second-order valence-corrected chi connectivity index (χ2v) is 8.44. The van der Waals surface area contributed by atoms with Gasteiger partial charge < -0.3 is 15.2 Å². The molecule has 0 spiro atoms. The van der Waals surface area contributed by atoms with Crippen LogP contribution in [-0.4, -0.2) is 38.9 Å². The lowest BCUT2D eigenvalue weighted by Gasteiger charge is -2.36. The van der Waals surface area contributed by atoms with Crippen LogP contribution >= 0.6 is 11.8 Å². The van der Waals surface area contributed by atoms with Gasteiger partial charge in [0.2, 0.25) is 5.91 Å². The second-order valence-electron chi connectivity index (χ2n) is 7.50. The number of anilines is 1. The SMILES string of the molecule is N#Cc1ccc(NC(=O)CSC2=NNC3C4CC(c5ccccc5)NN4C=CN23)cc1. The van der Waals surface area contributed by atoms with Crippen LogP contribution in [0.3, 0.4) is 0 Å². The Kier molecular flexibility index (Phi) is 5.24. The molecule has 2 aromatic rings. The summed E-state index contributed by atoms with van der Waals surface area (Å²) in [6.07, 6.45) is 5.00. The highest BCUT2D eigenvalue weighted by Gasteiger charge is 2.44. The number of amides is 1. The first-order chi connectivity index (χ1) is 15.2. The van der Waals surface area contributed by atoms with E-state index in [1.807, 2.05) is 18.5 Å². The van der Waals surface area contributed by atoms with Gasteiger partial charge in [-0.3, -0.25) is 10.2 Å². The van der Waals surface area contributed by atoms with Crippen molar-refractivity contribution in [2.24, 2.45) is 5.10 Å². The third-order valence-corrected chi connectivity index (χ3v) is 6.50. The molecule has 0 aromatic heterocycles. The summed E-state index contributed by atoms with van der Waals surface area (Å²) in [4.78, 5) is 14.4. The Bertz CT molecular complexity index is 1060. The molecule has 3 atom stereocenters. The van der Waals surface area contributed by atoms with Crippen LogP contribution in [0.5, 0.6) is 0 Å². The van der Waals surface area contributed by atoms with Crippen LogP contribution in [-0.2, 0) is 4.79 Å². The molecule has 3 N–H and O–H groups in total. The average molecular weight is 432 g/mol. The first kappa shape index (κ1) is 19.5. The van der Waals surface area contributed by atoms with Crippen LogP contribution in [0.15, 0.2) is 72.1 Å². The fraction of sp³-hybridized carbons (Fsp3) is 0.227. The lowest BCUT2D eigenvalue weighted by Crippen LogP contribution is -2.54. The van der Waals surface area contributed by atoms with E-state index in [1.54, 1.807) is 24.3 Å². The number of nitrogens with zero attached hydrogens (tertiary/aromatic N) is 4. The van der Waals surface area contributed by atoms with Crippen LogP contribution in [0.25, 0.3) is 0 Å². The van der Waals surface area contributed by atoms with Gasteiger partial charge in [0, 0.05) is 18.1 Å². The highest BCUT2D eigenvalue weighted by molar-refractivity contribution is 8.14. The molecule has 5 rings (SSSR count). The number of nitrogens with one attached hydrogen (secondary N) is 3. The highest BCUT2D eigenvalue weighted by atomic mass is 32.2. The summed E-state index contributed by atoms with van der Waals surface area (Å²) in [6.45, 7) is 0. The Labute approximate surface area is 184 Å². The molecule has 1 saturated heterocycles.